The van der Waals surface area contributed by atoms with Gasteiger partial charge < -0.3 is 14.4 Å². The summed E-state index contributed by atoms with van der Waals surface area (Å²) < 4.78 is 12.9. The molecular formula is C30H28N8O2. The molecule has 40 heavy (non-hydrogen) atoms. The van der Waals surface area contributed by atoms with E-state index in [0.29, 0.717) is 41.4 Å². The van der Waals surface area contributed by atoms with Crippen LogP contribution < -0.4 is 14.4 Å². The lowest BCUT2D eigenvalue weighted by molar-refractivity contribution is -0.00876. The van der Waals surface area contributed by atoms with E-state index < -0.39 is 0 Å². The lowest BCUT2D eigenvalue weighted by Crippen LogP contribution is -2.68. The highest BCUT2D eigenvalue weighted by molar-refractivity contribution is 5.85. The van der Waals surface area contributed by atoms with Gasteiger partial charge in [0.15, 0.2) is 0 Å². The monoisotopic (exact) mass is 532 g/mol. The normalized spacial score (nSPS) is 20.8. The molecule has 3 saturated heterocycles. The van der Waals surface area contributed by atoms with E-state index in [2.05, 4.69) is 44.2 Å². The second-order valence-corrected chi connectivity index (χ2v) is 11.0. The Labute approximate surface area is 232 Å². The quantitative estimate of drug-likeness (QED) is 0.334. The van der Waals surface area contributed by atoms with Gasteiger partial charge in [0.1, 0.15) is 24.2 Å². The highest BCUT2D eigenvalue weighted by Crippen LogP contribution is 2.45. The van der Waals surface area contributed by atoms with Crippen LogP contribution in [0, 0.1) is 28.1 Å². The van der Waals surface area contributed by atoms with Crippen molar-refractivity contribution in [3.63, 3.8) is 0 Å². The maximum atomic E-state index is 9.69. The Hall–Kier alpha value is -4.67. The van der Waals surface area contributed by atoms with E-state index in [4.69, 9.17) is 14.5 Å². The maximum absolute atomic E-state index is 9.69. The van der Waals surface area contributed by atoms with Crippen molar-refractivity contribution in [1.29, 1.82) is 10.5 Å². The number of nitriles is 2. The third kappa shape index (κ3) is 4.27. The molecule has 0 radical (unpaired) electrons. The number of rotatable bonds is 8. The van der Waals surface area contributed by atoms with Gasteiger partial charge in [-0.15, -0.1) is 0 Å². The summed E-state index contributed by atoms with van der Waals surface area (Å²) >= 11 is 0. The summed E-state index contributed by atoms with van der Waals surface area (Å²) in [6, 6.07) is 15.6. The Kier molecular flexibility index (Phi) is 5.79. The van der Waals surface area contributed by atoms with Crippen LogP contribution in [-0.2, 0) is 6.54 Å². The van der Waals surface area contributed by atoms with E-state index in [1.807, 2.05) is 30.6 Å². The van der Waals surface area contributed by atoms with Gasteiger partial charge in [-0.1, -0.05) is 6.07 Å². The van der Waals surface area contributed by atoms with Crippen LogP contribution in [0.5, 0.6) is 11.6 Å². The van der Waals surface area contributed by atoms with E-state index in [0.717, 1.165) is 49.4 Å². The minimum Gasteiger partial charge on any atom is -0.490 e. The predicted molar refractivity (Wildman–Crippen MR) is 147 cm³/mol. The van der Waals surface area contributed by atoms with Crippen molar-refractivity contribution >= 4 is 11.3 Å². The van der Waals surface area contributed by atoms with Crippen molar-refractivity contribution in [3.05, 3.63) is 66.2 Å². The Morgan fingerprint density at radius 1 is 1.05 bits per heavy atom. The summed E-state index contributed by atoms with van der Waals surface area (Å²) in [6.45, 7) is 3.11. The van der Waals surface area contributed by atoms with E-state index in [1.165, 1.54) is 12.0 Å². The number of hydrogen-bond acceptors (Lipinski definition) is 9. The van der Waals surface area contributed by atoms with Crippen molar-refractivity contribution < 1.29 is 9.47 Å². The molecule has 0 amide bonds. The number of pyridine rings is 3. The number of ether oxygens (including phenoxy) is 2. The summed E-state index contributed by atoms with van der Waals surface area (Å²) in [7, 11) is 1.63. The predicted octanol–water partition coefficient (Wildman–Crippen LogP) is 3.82. The largest absolute Gasteiger partial charge is 0.490 e. The van der Waals surface area contributed by atoms with Gasteiger partial charge in [0.2, 0.25) is 5.88 Å². The van der Waals surface area contributed by atoms with Crippen LogP contribution in [0.2, 0.25) is 0 Å². The number of hydrogen-bond donors (Lipinski definition) is 0. The molecule has 2 atom stereocenters. The van der Waals surface area contributed by atoms with Crippen molar-refractivity contribution in [3.8, 4) is 34.9 Å². The molecule has 0 spiro atoms. The van der Waals surface area contributed by atoms with Gasteiger partial charge in [0.05, 0.1) is 42.1 Å². The van der Waals surface area contributed by atoms with E-state index in [-0.39, 0.29) is 5.41 Å². The number of aromatic nitrogens is 4. The number of methoxy groups -OCH3 is 1. The molecule has 4 aromatic heterocycles. The molecule has 2 unspecified atom stereocenters. The summed E-state index contributed by atoms with van der Waals surface area (Å²) in [5, 5.41) is 23.5. The molecule has 0 N–H and O–H groups in total. The fourth-order valence-corrected chi connectivity index (χ4v) is 5.84. The van der Waals surface area contributed by atoms with Crippen molar-refractivity contribution in [1.82, 2.24) is 24.5 Å². The molecule has 3 aliphatic heterocycles. The average Bonchev–Trinajstić information content (AvgIpc) is 3.68. The minimum absolute atomic E-state index is 0.349. The Bertz CT molecular complexity index is 1630. The van der Waals surface area contributed by atoms with Crippen LogP contribution in [0.15, 0.2) is 55.1 Å². The SMILES string of the molecule is COc1ccc(CN2C3CC2CN(c2ccc(-c4cc(OCC5(C#N)CC5)cn5ncc(C#N)c45)cn2)C3)cn1. The summed E-state index contributed by atoms with van der Waals surface area (Å²) in [6.07, 6.45) is 10.0. The van der Waals surface area contributed by atoms with Crippen LogP contribution in [0.3, 0.4) is 0 Å². The van der Waals surface area contributed by atoms with Gasteiger partial charge in [0.25, 0.3) is 0 Å². The van der Waals surface area contributed by atoms with Crippen molar-refractivity contribution in [2.45, 2.75) is 37.9 Å². The first-order chi connectivity index (χ1) is 19.6. The molecule has 4 aromatic rings. The Morgan fingerprint density at radius 2 is 1.90 bits per heavy atom. The lowest BCUT2D eigenvalue weighted by atomic mass is 9.87. The van der Waals surface area contributed by atoms with Crippen molar-refractivity contribution in [2.75, 3.05) is 31.7 Å². The fraction of sp³-hybridized carbons (Fsp3) is 0.367. The van der Waals surface area contributed by atoms with Gasteiger partial charge in [-0.05, 0) is 43.0 Å². The molecule has 7 heterocycles. The highest BCUT2D eigenvalue weighted by atomic mass is 16.5. The summed E-state index contributed by atoms with van der Waals surface area (Å²) in [5.41, 5.74) is 3.73. The molecule has 4 aliphatic rings. The zero-order chi connectivity index (χ0) is 27.3. The minimum atomic E-state index is -0.378. The molecule has 200 valence electrons. The molecule has 10 heteroatoms. The van der Waals surface area contributed by atoms with Gasteiger partial charge in [0, 0.05) is 61.3 Å². The van der Waals surface area contributed by atoms with E-state index in [1.54, 1.807) is 24.0 Å². The number of anilines is 1. The molecule has 1 aliphatic carbocycles. The first kappa shape index (κ1) is 24.4. The van der Waals surface area contributed by atoms with Gasteiger partial charge in [-0.2, -0.15) is 15.6 Å². The zero-order valence-corrected chi connectivity index (χ0v) is 22.2. The first-order valence-corrected chi connectivity index (χ1v) is 13.5. The second kappa shape index (κ2) is 9.51. The fourth-order valence-electron chi connectivity index (χ4n) is 5.84. The molecule has 2 bridgehead atoms. The molecule has 0 aromatic carbocycles. The summed E-state index contributed by atoms with van der Waals surface area (Å²) in [4.78, 5) is 14.1. The number of nitrogens with zero attached hydrogens (tertiary/aromatic N) is 8. The first-order valence-electron chi connectivity index (χ1n) is 13.5. The van der Waals surface area contributed by atoms with Gasteiger partial charge >= 0.3 is 0 Å². The van der Waals surface area contributed by atoms with E-state index >= 15 is 0 Å². The zero-order valence-electron chi connectivity index (χ0n) is 22.2. The Morgan fingerprint density at radius 3 is 2.55 bits per heavy atom. The maximum Gasteiger partial charge on any atom is 0.212 e. The van der Waals surface area contributed by atoms with Crippen LogP contribution in [0.4, 0.5) is 5.82 Å². The third-order valence-electron chi connectivity index (χ3n) is 8.41. The number of piperazine rings is 1. The number of fused-ring (bicyclic) bond motifs is 3. The van der Waals surface area contributed by atoms with Crippen LogP contribution >= 0.6 is 0 Å². The van der Waals surface area contributed by atoms with E-state index in [9.17, 15) is 10.5 Å². The van der Waals surface area contributed by atoms with Gasteiger partial charge in [-0.25, -0.2) is 14.5 Å². The average molecular weight is 533 g/mol. The topological polar surface area (TPSA) is 116 Å². The second-order valence-electron chi connectivity index (χ2n) is 11.0. The Balaban J connectivity index is 1.08. The number of piperidine rings is 1. The van der Waals surface area contributed by atoms with Crippen LogP contribution in [0.1, 0.15) is 30.4 Å². The molecule has 4 fully saturated rings. The van der Waals surface area contributed by atoms with Gasteiger partial charge in [-0.3, -0.25) is 4.90 Å². The third-order valence-corrected chi connectivity index (χ3v) is 8.41. The molecule has 10 nitrogen and oxygen atoms in total. The summed E-state index contributed by atoms with van der Waals surface area (Å²) in [5.74, 6) is 2.20. The molecule has 8 rings (SSSR count). The highest BCUT2D eigenvalue weighted by Gasteiger charge is 2.45. The van der Waals surface area contributed by atoms with Crippen LogP contribution in [-0.4, -0.2) is 63.4 Å². The molecular weight excluding hydrogens is 504 g/mol. The molecule has 1 saturated carbocycles. The standard InChI is InChI=1S/C30H28N8O2/c1-39-28-5-2-20(11-34-28)14-37-23-8-24(37)16-36(15-23)27-4-3-21(12-33-27)26-9-25(40-19-30(18-32)6-7-30)17-38-29(26)22(10-31)13-35-38/h2-5,9,11-13,17,23-24H,6-8,14-16,19H2,1H3. The van der Waals surface area contributed by atoms with Crippen molar-refractivity contribution in [2.24, 2.45) is 5.41 Å². The smallest absolute Gasteiger partial charge is 0.212 e. The lowest BCUT2D eigenvalue weighted by Gasteiger charge is -2.56. The van der Waals surface area contributed by atoms with Crippen LogP contribution in [0.25, 0.3) is 16.6 Å².